The van der Waals surface area contributed by atoms with Gasteiger partial charge >= 0.3 is 0 Å². The largest absolute Gasteiger partial charge is 0.496 e. The molecule has 70 valence electrons. The molecule has 0 fully saturated rings. The molecule has 1 heterocycles. The fraction of sp³-hybridized carbons (Fsp3) is 0.333. The lowest BCUT2D eigenvalue weighted by Crippen LogP contribution is -2.11. The highest BCUT2D eigenvalue weighted by molar-refractivity contribution is 9.10. The molecule has 0 saturated heterocycles. The van der Waals surface area contributed by atoms with Crippen molar-refractivity contribution < 1.29 is 9.47 Å². The van der Waals surface area contributed by atoms with Gasteiger partial charge in [-0.15, -0.1) is 0 Å². The third-order valence-corrected chi connectivity index (χ3v) is 2.93. The molecule has 0 unspecified atom stereocenters. The molecule has 0 radical (unpaired) electrons. The maximum absolute atomic E-state index is 5.86. The Kier molecular flexibility index (Phi) is 2.17. The lowest BCUT2D eigenvalue weighted by Gasteiger charge is -2.08. The zero-order valence-corrected chi connectivity index (χ0v) is 8.80. The molecule has 13 heavy (non-hydrogen) atoms. The summed E-state index contributed by atoms with van der Waals surface area (Å²) in [6.45, 7) is 0.543. The first-order chi connectivity index (χ1) is 6.24. The molecule has 0 aliphatic carbocycles. The van der Waals surface area contributed by atoms with Crippen LogP contribution in [0.25, 0.3) is 0 Å². The number of fused-ring (bicyclic) bond motifs is 1. The van der Waals surface area contributed by atoms with E-state index in [-0.39, 0.29) is 6.04 Å². The monoisotopic (exact) mass is 243 g/mol. The van der Waals surface area contributed by atoms with Crippen molar-refractivity contribution in [3.05, 3.63) is 22.2 Å². The van der Waals surface area contributed by atoms with E-state index in [2.05, 4.69) is 15.9 Å². The molecular weight excluding hydrogens is 234 g/mol. The minimum Gasteiger partial charge on any atom is -0.496 e. The number of hydrogen-bond acceptors (Lipinski definition) is 3. The molecule has 0 amide bonds. The van der Waals surface area contributed by atoms with E-state index in [0.29, 0.717) is 6.61 Å². The van der Waals surface area contributed by atoms with Crippen molar-refractivity contribution >= 4 is 15.9 Å². The van der Waals surface area contributed by atoms with E-state index in [0.717, 1.165) is 21.5 Å². The van der Waals surface area contributed by atoms with Crippen molar-refractivity contribution in [2.24, 2.45) is 5.73 Å². The maximum atomic E-state index is 5.86. The summed E-state index contributed by atoms with van der Waals surface area (Å²) in [5, 5.41) is 0. The number of ether oxygens (including phenoxy) is 2. The van der Waals surface area contributed by atoms with Gasteiger partial charge in [0.15, 0.2) is 0 Å². The highest BCUT2D eigenvalue weighted by atomic mass is 79.9. The molecule has 1 aromatic rings. The van der Waals surface area contributed by atoms with Gasteiger partial charge in [-0.05, 0) is 28.1 Å². The first kappa shape index (κ1) is 8.84. The van der Waals surface area contributed by atoms with Gasteiger partial charge in [-0.3, -0.25) is 0 Å². The van der Waals surface area contributed by atoms with E-state index >= 15 is 0 Å². The number of nitrogens with two attached hydrogens (primary N) is 1. The summed E-state index contributed by atoms with van der Waals surface area (Å²) < 4.78 is 11.4. The van der Waals surface area contributed by atoms with Gasteiger partial charge in [-0.25, -0.2) is 0 Å². The molecule has 3 nitrogen and oxygen atoms in total. The number of methoxy groups -OCH3 is 1. The van der Waals surface area contributed by atoms with Gasteiger partial charge in [-0.1, -0.05) is 0 Å². The van der Waals surface area contributed by atoms with Crippen molar-refractivity contribution in [1.82, 2.24) is 0 Å². The van der Waals surface area contributed by atoms with Crippen molar-refractivity contribution in [1.29, 1.82) is 0 Å². The minimum atomic E-state index is -0.0560. The standard InChI is InChI=1S/C9H10BrNO2/c1-12-7-3-2-6-8(9(7)10)5(11)4-13-6/h2-3,5H,4,11H2,1H3/t5-/m1/s1. The highest BCUT2D eigenvalue weighted by Gasteiger charge is 2.25. The lowest BCUT2D eigenvalue weighted by atomic mass is 10.1. The van der Waals surface area contributed by atoms with Gasteiger partial charge in [0, 0.05) is 5.56 Å². The number of hydrogen-bond donors (Lipinski definition) is 1. The Balaban J connectivity index is 2.56. The Morgan fingerprint density at radius 3 is 3.08 bits per heavy atom. The van der Waals surface area contributed by atoms with Crippen LogP contribution < -0.4 is 15.2 Å². The molecule has 2 N–H and O–H groups in total. The molecule has 1 aliphatic rings. The molecule has 1 atom stereocenters. The van der Waals surface area contributed by atoms with Crippen LogP contribution in [0.4, 0.5) is 0 Å². The van der Waals surface area contributed by atoms with Crippen LogP contribution in [0.3, 0.4) is 0 Å². The Morgan fingerprint density at radius 1 is 1.62 bits per heavy atom. The van der Waals surface area contributed by atoms with Crippen molar-refractivity contribution in [2.45, 2.75) is 6.04 Å². The van der Waals surface area contributed by atoms with Crippen LogP contribution in [-0.4, -0.2) is 13.7 Å². The van der Waals surface area contributed by atoms with Crippen LogP contribution in [0.2, 0.25) is 0 Å². The molecule has 2 rings (SSSR count). The Bertz CT molecular complexity index is 341. The predicted octanol–water partition coefficient (Wildman–Crippen LogP) is 1.85. The minimum absolute atomic E-state index is 0.0560. The van der Waals surface area contributed by atoms with Crippen LogP contribution in [-0.2, 0) is 0 Å². The van der Waals surface area contributed by atoms with Crippen molar-refractivity contribution in [3.8, 4) is 11.5 Å². The van der Waals surface area contributed by atoms with E-state index in [1.54, 1.807) is 7.11 Å². The maximum Gasteiger partial charge on any atom is 0.133 e. The number of benzene rings is 1. The summed E-state index contributed by atoms with van der Waals surface area (Å²) in [7, 11) is 1.63. The second kappa shape index (κ2) is 3.20. The summed E-state index contributed by atoms with van der Waals surface area (Å²) in [6.07, 6.45) is 0. The van der Waals surface area contributed by atoms with E-state index in [1.165, 1.54) is 0 Å². The number of halogens is 1. The van der Waals surface area contributed by atoms with Gasteiger partial charge < -0.3 is 15.2 Å². The zero-order chi connectivity index (χ0) is 9.42. The Hall–Kier alpha value is -0.740. The average Bonchev–Trinajstić information content (AvgIpc) is 2.49. The summed E-state index contributed by atoms with van der Waals surface area (Å²) in [4.78, 5) is 0. The van der Waals surface area contributed by atoms with Gasteiger partial charge in [0.1, 0.15) is 18.1 Å². The van der Waals surface area contributed by atoms with Gasteiger partial charge in [0.25, 0.3) is 0 Å². The highest BCUT2D eigenvalue weighted by Crippen LogP contribution is 2.41. The van der Waals surface area contributed by atoms with Gasteiger partial charge in [-0.2, -0.15) is 0 Å². The molecule has 1 aliphatic heterocycles. The second-order valence-corrected chi connectivity index (χ2v) is 3.70. The first-order valence-electron chi connectivity index (χ1n) is 3.99. The van der Waals surface area contributed by atoms with Crippen LogP contribution in [0.1, 0.15) is 11.6 Å². The third kappa shape index (κ3) is 1.30. The van der Waals surface area contributed by atoms with Gasteiger partial charge in [0.2, 0.25) is 0 Å². The summed E-state index contributed by atoms with van der Waals surface area (Å²) in [5.41, 5.74) is 6.86. The molecule has 0 aromatic heterocycles. The Labute approximate surface area is 85.0 Å². The SMILES string of the molecule is COc1ccc2c(c1Br)[C@H](N)CO2. The molecule has 4 heteroatoms. The van der Waals surface area contributed by atoms with Crippen LogP contribution >= 0.6 is 15.9 Å². The molecule has 0 spiro atoms. The topological polar surface area (TPSA) is 44.5 Å². The molecule has 0 bridgehead atoms. The molecule has 0 saturated carbocycles. The van der Waals surface area contributed by atoms with Crippen molar-refractivity contribution in [2.75, 3.05) is 13.7 Å². The normalized spacial score (nSPS) is 19.5. The van der Waals surface area contributed by atoms with Crippen LogP contribution in [0.5, 0.6) is 11.5 Å². The summed E-state index contributed by atoms with van der Waals surface area (Å²) in [5.74, 6) is 1.64. The third-order valence-electron chi connectivity index (χ3n) is 2.11. The number of rotatable bonds is 1. The fourth-order valence-electron chi connectivity index (χ4n) is 1.45. The average molecular weight is 244 g/mol. The fourth-order valence-corrected chi connectivity index (χ4v) is 2.23. The van der Waals surface area contributed by atoms with Gasteiger partial charge in [0.05, 0.1) is 17.6 Å². The molecular formula is C9H10BrNO2. The smallest absolute Gasteiger partial charge is 0.133 e. The predicted molar refractivity (Wildman–Crippen MR) is 53.1 cm³/mol. The van der Waals surface area contributed by atoms with E-state index < -0.39 is 0 Å². The lowest BCUT2D eigenvalue weighted by molar-refractivity contribution is 0.333. The summed E-state index contributed by atoms with van der Waals surface area (Å²) >= 11 is 3.45. The Morgan fingerprint density at radius 2 is 2.38 bits per heavy atom. The summed E-state index contributed by atoms with van der Waals surface area (Å²) in [6, 6.07) is 3.69. The van der Waals surface area contributed by atoms with Crippen molar-refractivity contribution in [3.63, 3.8) is 0 Å². The molecule has 1 aromatic carbocycles. The van der Waals surface area contributed by atoms with E-state index in [9.17, 15) is 0 Å². The zero-order valence-electron chi connectivity index (χ0n) is 7.21. The van der Waals surface area contributed by atoms with E-state index in [1.807, 2.05) is 12.1 Å². The first-order valence-corrected chi connectivity index (χ1v) is 4.78. The van der Waals surface area contributed by atoms with Crippen LogP contribution in [0.15, 0.2) is 16.6 Å². The quantitative estimate of drug-likeness (QED) is 0.819. The van der Waals surface area contributed by atoms with E-state index in [4.69, 9.17) is 15.2 Å². The van der Waals surface area contributed by atoms with Crippen LogP contribution in [0, 0.1) is 0 Å². The second-order valence-electron chi connectivity index (χ2n) is 2.91.